The molecule has 1 amide bonds. The van der Waals surface area contributed by atoms with Gasteiger partial charge in [0, 0.05) is 19.6 Å². The number of piperidine rings is 1. The number of anilines is 1. The number of carbonyl (C=O) groups is 1. The monoisotopic (exact) mass is 469 g/mol. The molecule has 3 aromatic rings. The lowest BCUT2D eigenvalue weighted by molar-refractivity contribution is -0.118. The first-order valence-electron chi connectivity index (χ1n) is 11.2. The summed E-state index contributed by atoms with van der Waals surface area (Å²) in [6.45, 7) is 7.46. The molecule has 8 nitrogen and oxygen atoms in total. The maximum absolute atomic E-state index is 12.5. The number of ether oxygens (including phenoxy) is 1. The summed E-state index contributed by atoms with van der Waals surface area (Å²) in [5.41, 5.74) is 1.02. The fourth-order valence-electron chi connectivity index (χ4n) is 4.27. The van der Waals surface area contributed by atoms with E-state index in [1.807, 2.05) is 36.4 Å². The lowest BCUT2D eigenvalue weighted by Gasteiger charge is -2.35. The van der Waals surface area contributed by atoms with Crippen LogP contribution < -0.4 is 15.0 Å². The van der Waals surface area contributed by atoms with Crippen molar-refractivity contribution in [3.63, 3.8) is 0 Å². The maximum atomic E-state index is 12.5. The Bertz CT molecular complexity index is 1030. The van der Waals surface area contributed by atoms with Crippen molar-refractivity contribution in [1.29, 1.82) is 0 Å². The lowest BCUT2D eigenvalue weighted by atomic mass is 9.92. The molecule has 0 spiro atoms. The van der Waals surface area contributed by atoms with E-state index in [4.69, 9.17) is 9.15 Å². The van der Waals surface area contributed by atoms with Gasteiger partial charge < -0.3 is 19.4 Å². The van der Waals surface area contributed by atoms with Crippen molar-refractivity contribution >= 4 is 23.6 Å². The molecule has 3 heterocycles. The summed E-state index contributed by atoms with van der Waals surface area (Å²) in [5.74, 6) is 3.88. The smallest absolute Gasteiger partial charge is 0.230 e. The number of benzene rings is 1. The average molecular weight is 470 g/mol. The largest absolute Gasteiger partial charge is 0.497 e. The fourth-order valence-corrected chi connectivity index (χ4v) is 5.03. The molecule has 2 unspecified atom stereocenters. The predicted octanol–water partition coefficient (Wildman–Crippen LogP) is 3.82. The number of furan rings is 1. The van der Waals surface area contributed by atoms with Gasteiger partial charge in [-0.05, 0) is 48.1 Å². The number of thioether (sulfide) groups is 1. The van der Waals surface area contributed by atoms with Crippen LogP contribution in [0.4, 0.5) is 5.95 Å². The second kappa shape index (κ2) is 10.8. The highest BCUT2D eigenvalue weighted by Crippen LogP contribution is 2.29. The average Bonchev–Trinajstić information content (AvgIpc) is 3.46. The minimum absolute atomic E-state index is 0.0508. The highest BCUT2D eigenvalue weighted by molar-refractivity contribution is 7.99. The molecule has 0 saturated carbocycles. The van der Waals surface area contributed by atoms with Crippen molar-refractivity contribution in [2.75, 3.05) is 30.9 Å². The first kappa shape index (κ1) is 23.2. The lowest BCUT2D eigenvalue weighted by Crippen LogP contribution is -2.40. The topological polar surface area (TPSA) is 85.4 Å². The van der Waals surface area contributed by atoms with Gasteiger partial charge in [0.1, 0.15) is 11.5 Å². The van der Waals surface area contributed by atoms with E-state index in [0.29, 0.717) is 30.1 Å². The molecule has 4 rings (SSSR count). The molecule has 0 bridgehead atoms. The van der Waals surface area contributed by atoms with Crippen LogP contribution in [-0.4, -0.2) is 46.6 Å². The van der Waals surface area contributed by atoms with E-state index in [9.17, 15) is 4.79 Å². The summed E-state index contributed by atoms with van der Waals surface area (Å²) >= 11 is 1.39. The van der Waals surface area contributed by atoms with Crippen LogP contribution >= 0.6 is 11.8 Å². The summed E-state index contributed by atoms with van der Waals surface area (Å²) in [6.07, 6.45) is 2.89. The third kappa shape index (κ3) is 6.10. The van der Waals surface area contributed by atoms with Crippen molar-refractivity contribution in [2.24, 2.45) is 11.8 Å². The number of aromatic nitrogens is 3. The normalized spacial score (nSPS) is 18.3. The van der Waals surface area contributed by atoms with Gasteiger partial charge in [0.25, 0.3) is 0 Å². The molecule has 0 radical (unpaired) electrons. The van der Waals surface area contributed by atoms with E-state index in [1.165, 1.54) is 18.2 Å². The van der Waals surface area contributed by atoms with Gasteiger partial charge in [-0.25, -0.2) is 0 Å². The molecule has 2 atom stereocenters. The van der Waals surface area contributed by atoms with E-state index < -0.39 is 0 Å². The third-order valence-corrected chi connectivity index (χ3v) is 6.69. The van der Waals surface area contributed by atoms with Crippen LogP contribution in [0, 0.1) is 11.8 Å². The molecular weight excluding hydrogens is 438 g/mol. The number of rotatable bonds is 9. The SMILES string of the molecule is COc1ccc(CNC(=O)CSc2nnc(N3CC(C)CC(C)C3)n2Cc2ccco2)cc1. The first-order chi connectivity index (χ1) is 16.0. The van der Waals surface area contributed by atoms with Crippen LogP contribution in [-0.2, 0) is 17.9 Å². The van der Waals surface area contributed by atoms with Crippen LogP contribution in [0.3, 0.4) is 0 Å². The number of nitrogens with zero attached hydrogens (tertiary/aromatic N) is 4. The molecule has 1 aliphatic heterocycles. The number of amides is 1. The Hall–Kier alpha value is -2.94. The van der Waals surface area contributed by atoms with Crippen LogP contribution in [0.1, 0.15) is 31.6 Å². The van der Waals surface area contributed by atoms with Gasteiger partial charge in [-0.15, -0.1) is 10.2 Å². The summed E-state index contributed by atoms with van der Waals surface area (Å²) in [4.78, 5) is 14.8. The second-order valence-corrected chi connectivity index (χ2v) is 9.66. The van der Waals surface area contributed by atoms with Gasteiger partial charge in [-0.3, -0.25) is 9.36 Å². The van der Waals surface area contributed by atoms with Crippen LogP contribution in [0.5, 0.6) is 5.75 Å². The van der Waals surface area contributed by atoms with Gasteiger partial charge in [0.2, 0.25) is 11.9 Å². The number of nitrogens with one attached hydrogen (secondary N) is 1. The highest BCUT2D eigenvalue weighted by atomic mass is 32.2. The molecule has 9 heteroatoms. The van der Waals surface area contributed by atoms with Crippen LogP contribution in [0.25, 0.3) is 0 Å². The van der Waals surface area contributed by atoms with E-state index in [-0.39, 0.29) is 11.7 Å². The van der Waals surface area contributed by atoms with Gasteiger partial charge >= 0.3 is 0 Å². The summed E-state index contributed by atoms with van der Waals surface area (Å²) in [6, 6.07) is 11.5. The standard InChI is InChI=1S/C24H31N5O3S/c1-17-11-18(2)14-28(13-17)23-26-27-24(29(23)15-21-5-4-10-32-21)33-16-22(30)25-12-19-6-8-20(31-3)9-7-19/h4-10,17-18H,11-16H2,1-3H3,(H,25,30). The van der Waals surface area contributed by atoms with Crippen molar-refractivity contribution < 1.29 is 13.9 Å². The van der Waals surface area contributed by atoms with Crippen molar-refractivity contribution in [2.45, 2.75) is 38.5 Å². The number of hydrogen-bond acceptors (Lipinski definition) is 7. The molecule has 1 aliphatic rings. The molecule has 33 heavy (non-hydrogen) atoms. The minimum atomic E-state index is -0.0508. The highest BCUT2D eigenvalue weighted by Gasteiger charge is 2.27. The first-order valence-corrected chi connectivity index (χ1v) is 12.2. The third-order valence-electron chi connectivity index (χ3n) is 5.72. The Balaban J connectivity index is 1.41. The summed E-state index contributed by atoms with van der Waals surface area (Å²) < 4.78 is 12.8. The van der Waals surface area contributed by atoms with E-state index in [0.717, 1.165) is 36.1 Å². The second-order valence-electron chi connectivity index (χ2n) is 8.71. The van der Waals surface area contributed by atoms with Gasteiger partial charge in [0.05, 0.1) is 25.7 Å². The minimum Gasteiger partial charge on any atom is -0.497 e. The number of carbonyl (C=O) groups excluding carboxylic acids is 1. The number of hydrogen-bond donors (Lipinski definition) is 1. The molecule has 2 aromatic heterocycles. The molecule has 1 fully saturated rings. The molecule has 1 saturated heterocycles. The Kier molecular flexibility index (Phi) is 7.59. The molecule has 1 N–H and O–H groups in total. The number of methoxy groups -OCH3 is 1. The van der Waals surface area contributed by atoms with Crippen molar-refractivity contribution in [3.8, 4) is 5.75 Å². The van der Waals surface area contributed by atoms with Gasteiger partial charge in [0.15, 0.2) is 5.16 Å². The Labute approximate surface area is 198 Å². The fraction of sp³-hybridized carbons (Fsp3) is 0.458. The summed E-state index contributed by atoms with van der Waals surface area (Å²) in [5, 5.41) is 12.6. The van der Waals surface area contributed by atoms with Crippen LogP contribution in [0.15, 0.2) is 52.2 Å². The van der Waals surface area contributed by atoms with Crippen molar-refractivity contribution in [1.82, 2.24) is 20.1 Å². The molecule has 1 aromatic carbocycles. The Morgan fingerprint density at radius 1 is 1.18 bits per heavy atom. The van der Waals surface area contributed by atoms with E-state index in [1.54, 1.807) is 13.4 Å². The maximum Gasteiger partial charge on any atom is 0.230 e. The van der Waals surface area contributed by atoms with Crippen molar-refractivity contribution in [3.05, 3.63) is 54.0 Å². The van der Waals surface area contributed by atoms with Gasteiger partial charge in [-0.1, -0.05) is 37.7 Å². The predicted molar refractivity (Wildman–Crippen MR) is 129 cm³/mol. The zero-order valence-corrected chi connectivity index (χ0v) is 20.2. The zero-order valence-electron chi connectivity index (χ0n) is 19.4. The Morgan fingerprint density at radius 3 is 2.61 bits per heavy atom. The van der Waals surface area contributed by atoms with E-state index >= 15 is 0 Å². The molecule has 176 valence electrons. The van der Waals surface area contributed by atoms with Gasteiger partial charge in [-0.2, -0.15) is 0 Å². The quantitative estimate of drug-likeness (QED) is 0.477. The molecular formula is C24H31N5O3S. The Morgan fingerprint density at radius 2 is 1.94 bits per heavy atom. The zero-order chi connectivity index (χ0) is 23.2. The van der Waals surface area contributed by atoms with E-state index in [2.05, 4.69) is 38.8 Å². The summed E-state index contributed by atoms with van der Waals surface area (Å²) in [7, 11) is 1.64. The molecule has 0 aliphatic carbocycles. The van der Waals surface area contributed by atoms with Crippen LogP contribution in [0.2, 0.25) is 0 Å².